The number of nitrogens with zero attached hydrogens (tertiary/aromatic N) is 2. The highest BCUT2D eigenvalue weighted by molar-refractivity contribution is 5.96. The molecule has 1 atom stereocenters. The standard InChI is InChI=1S/C17H18N2O/c20-16-7-3-6-15-17(16)19(11-18-15)14-9-8-12-4-1-2-5-13(12)10-14/h1-2,4-5,11,14H,3,6-10H2. The van der Waals surface area contributed by atoms with E-state index in [9.17, 15) is 4.79 Å². The second-order valence-corrected chi connectivity index (χ2v) is 5.89. The second kappa shape index (κ2) is 4.58. The fourth-order valence-corrected chi connectivity index (χ4v) is 3.62. The molecule has 3 nitrogen and oxygen atoms in total. The van der Waals surface area contributed by atoms with Crippen LogP contribution in [-0.2, 0) is 19.3 Å². The largest absolute Gasteiger partial charge is 0.324 e. The maximum Gasteiger partial charge on any atom is 0.181 e. The van der Waals surface area contributed by atoms with Gasteiger partial charge in [0, 0.05) is 12.5 Å². The van der Waals surface area contributed by atoms with E-state index in [0.29, 0.717) is 12.5 Å². The molecule has 0 N–H and O–H groups in total. The summed E-state index contributed by atoms with van der Waals surface area (Å²) in [6.45, 7) is 0. The summed E-state index contributed by atoms with van der Waals surface area (Å²) in [6, 6.07) is 9.05. The third-order valence-corrected chi connectivity index (χ3v) is 4.67. The smallest absolute Gasteiger partial charge is 0.181 e. The lowest BCUT2D eigenvalue weighted by Gasteiger charge is -2.27. The van der Waals surface area contributed by atoms with Gasteiger partial charge in [-0.3, -0.25) is 4.79 Å². The molecule has 0 fully saturated rings. The highest BCUT2D eigenvalue weighted by Gasteiger charge is 2.28. The summed E-state index contributed by atoms with van der Waals surface area (Å²) in [5, 5.41) is 0. The van der Waals surface area contributed by atoms with Gasteiger partial charge in [0.15, 0.2) is 5.78 Å². The van der Waals surface area contributed by atoms with Gasteiger partial charge in [0.2, 0.25) is 0 Å². The Hall–Kier alpha value is -1.90. The lowest BCUT2D eigenvalue weighted by atomic mass is 9.87. The van der Waals surface area contributed by atoms with Crippen molar-refractivity contribution in [1.82, 2.24) is 9.55 Å². The molecule has 1 aromatic carbocycles. The van der Waals surface area contributed by atoms with Crippen molar-refractivity contribution in [3.63, 3.8) is 0 Å². The summed E-state index contributed by atoms with van der Waals surface area (Å²) in [5.41, 5.74) is 4.79. The van der Waals surface area contributed by atoms with Crippen LogP contribution in [0.1, 0.15) is 52.6 Å². The van der Waals surface area contributed by atoms with Gasteiger partial charge in [-0.05, 0) is 43.2 Å². The number of hydrogen-bond acceptors (Lipinski definition) is 2. The lowest BCUT2D eigenvalue weighted by molar-refractivity contribution is 0.0960. The number of carbonyl (C=O) groups excluding carboxylic acids is 1. The van der Waals surface area contributed by atoms with Gasteiger partial charge in [-0.1, -0.05) is 24.3 Å². The van der Waals surface area contributed by atoms with E-state index in [4.69, 9.17) is 0 Å². The summed E-state index contributed by atoms with van der Waals surface area (Å²) in [7, 11) is 0. The van der Waals surface area contributed by atoms with Crippen molar-refractivity contribution in [2.45, 2.75) is 44.6 Å². The van der Waals surface area contributed by atoms with Gasteiger partial charge in [0.1, 0.15) is 5.69 Å². The number of aryl methyl sites for hydroxylation is 2. The summed E-state index contributed by atoms with van der Waals surface area (Å²) < 4.78 is 2.16. The molecule has 20 heavy (non-hydrogen) atoms. The summed E-state index contributed by atoms with van der Waals surface area (Å²) in [4.78, 5) is 16.7. The van der Waals surface area contributed by atoms with Crippen LogP contribution < -0.4 is 0 Å². The van der Waals surface area contributed by atoms with Gasteiger partial charge in [-0.25, -0.2) is 4.98 Å². The third-order valence-electron chi connectivity index (χ3n) is 4.67. The van der Waals surface area contributed by atoms with Crippen LogP contribution in [0.5, 0.6) is 0 Å². The van der Waals surface area contributed by atoms with E-state index in [1.807, 2.05) is 6.33 Å². The number of aromatic nitrogens is 2. The molecular weight excluding hydrogens is 248 g/mol. The quantitative estimate of drug-likeness (QED) is 0.795. The van der Waals surface area contributed by atoms with Crippen LogP contribution in [0.3, 0.4) is 0 Å². The predicted molar refractivity (Wildman–Crippen MR) is 77.0 cm³/mol. The summed E-state index contributed by atoms with van der Waals surface area (Å²) in [6.07, 6.45) is 7.71. The molecule has 1 heterocycles. The molecule has 1 aromatic heterocycles. The van der Waals surface area contributed by atoms with Crippen molar-refractivity contribution >= 4 is 5.78 Å². The molecule has 1 unspecified atom stereocenters. The van der Waals surface area contributed by atoms with E-state index < -0.39 is 0 Å². The van der Waals surface area contributed by atoms with Gasteiger partial charge >= 0.3 is 0 Å². The average Bonchev–Trinajstić information content (AvgIpc) is 2.92. The van der Waals surface area contributed by atoms with Crippen LogP contribution in [0.2, 0.25) is 0 Å². The predicted octanol–water partition coefficient (Wildman–Crippen LogP) is 3.13. The number of fused-ring (bicyclic) bond motifs is 2. The Morgan fingerprint density at radius 2 is 1.95 bits per heavy atom. The minimum atomic E-state index is 0.280. The van der Waals surface area contributed by atoms with E-state index in [0.717, 1.165) is 43.5 Å². The summed E-state index contributed by atoms with van der Waals surface area (Å²) >= 11 is 0. The first-order valence-electron chi connectivity index (χ1n) is 7.48. The molecule has 102 valence electrons. The molecule has 2 aliphatic carbocycles. The zero-order chi connectivity index (χ0) is 13.5. The van der Waals surface area contributed by atoms with Gasteiger partial charge in [0.05, 0.1) is 12.0 Å². The second-order valence-electron chi connectivity index (χ2n) is 5.89. The van der Waals surface area contributed by atoms with Crippen LogP contribution in [0.15, 0.2) is 30.6 Å². The number of benzene rings is 1. The minimum absolute atomic E-state index is 0.280. The molecular formula is C17H18N2O. The molecule has 0 spiro atoms. The molecule has 3 heteroatoms. The van der Waals surface area contributed by atoms with Crippen molar-refractivity contribution in [3.8, 4) is 0 Å². The van der Waals surface area contributed by atoms with Crippen molar-refractivity contribution in [2.24, 2.45) is 0 Å². The molecule has 4 rings (SSSR count). The topological polar surface area (TPSA) is 34.9 Å². The Balaban J connectivity index is 1.70. The molecule has 2 aromatic rings. The van der Waals surface area contributed by atoms with E-state index in [-0.39, 0.29) is 5.78 Å². The van der Waals surface area contributed by atoms with E-state index in [2.05, 4.69) is 33.8 Å². The first kappa shape index (κ1) is 11.9. The molecule has 0 bridgehead atoms. The van der Waals surface area contributed by atoms with Crippen molar-refractivity contribution in [3.05, 3.63) is 53.1 Å². The maximum absolute atomic E-state index is 12.2. The van der Waals surface area contributed by atoms with Crippen molar-refractivity contribution < 1.29 is 4.79 Å². The number of carbonyl (C=O) groups is 1. The maximum atomic E-state index is 12.2. The minimum Gasteiger partial charge on any atom is -0.324 e. The Morgan fingerprint density at radius 3 is 2.85 bits per heavy atom. The SMILES string of the molecule is O=C1CCCc2ncn(C3CCc4ccccc4C3)c21. The normalized spacial score (nSPS) is 21.4. The lowest BCUT2D eigenvalue weighted by Crippen LogP contribution is -2.23. The Labute approximate surface area is 118 Å². The highest BCUT2D eigenvalue weighted by Crippen LogP contribution is 2.32. The first-order valence-corrected chi connectivity index (χ1v) is 7.48. The number of ketones is 1. The van der Waals surface area contributed by atoms with Gasteiger partial charge < -0.3 is 4.57 Å². The van der Waals surface area contributed by atoms with E-state index >= 15 is 0 Å². The van der Waals surface area contributed by atoms with Gasteiger partial charge in [0.25, 0.3) is 0 Å². The van der Waals surface area contributed by atoms with Gasteiger partial charge in [-0.15, -0.1) is 0 Å². The average molecular weight is 266 g/mol. The molecule has 0 amide bonds. The Kier molecular flexibility index (Phi) is 2.72. The molecule has 0 saturated carbocycles. The fraction of sp³-hybridized carbons (Fsp3) is 0.412. The van der Waals surface area contributed by atoms with Crippen LogP contribution >= 0.6 is 0 Å². The van der Waals surface area contributed by atoms with E-state index in [1.165, 1.54) is 11.1 Å². The van der Waals surface area contributed by atoms with Crippen LogP contribution in [-0.4, -0.2) is 15.3 Å². The zero-order valence-corrected chi connectivity index (χ0v) is 11.5. The fourth-order valence-electron chi connectivity index (χ4n) is 3.62. The Morgan fingerprint density at radius 1 is 1.10 bits per heavy atom. The van der Waals surface area contributed by atoms with Gasteiger partial charge in [-0.2, -0.15) is 0 Å². The number of Topliss-reactive ketones (excluding diaryl/α,β-unsaturated/α-hetero) is 1. The molecule has 0 radical (unpaired) electrons. The molecule has 2 aliphatic rings. The monoisotopic (exact) mass is 266 g/mol. The Bertz CT molecular complexity index is 671. The number of rotatable bonds is 1. The molecule has 0 aliphatic heterocycles. The zero-order valence-electron chi connectivity index (χ0n) is 11.5. The first-order chi connectivity index (χ1) is 9.83. The number of hydrogen-bond donors (Lipinski definition) is 0. The van der Waals surface area contributed by atoms with Crippen molar-refractivity contribution in [2.75, 3.05) is 0 Å². The third kappa shape index (κ3) is 1.80. The highest BCUT2D eigenvalue weighted by atomic mass is 16.1. The molecule has 0 saturated heterocycles. The summed E-state index contributed by atoms with van der Waals surface area (Å²) in [5.74, 6) is 0.280. The number of imidazole rings is 1. The van der Waals surface area contributed by atoms with Crippen molar-refractivity contribution in [1.29, 1.82) is 0 Å². The van der Waals surface area contributed by atoms with Crippen LogP contribution in [0.4, 0.5) is 0 Å². The van der Waals surface area contributed by atoms with E-state index in [1.54, 1.807) is 0 Å². The van der Waals surface area contributed by atoms with Crippen LogP contribution in [0, 0.1) is 0 Å². The van der Waals surface area contributed by atoms with Crippen LogP contribution in [0.25, 0.3) is 0 Å².